The van der Waals surface area contributed by atoms with Gasteiger partial charge >= 0.3 is 0 Å². The smallest absolute Gasteiger partial charge is 0.263 e. The van der Waals surface area contributed by atoms with E-state index in [1.54, 1.807) is 5.51 Å². The van der Waals surface area contributed by atoms with E-state index in [4.69, 9.17) is 0 Å². The van der Waals surface area contributed by atoms with Crippen molar-refractivity contribution in [2.45, 2.75) is 13.3 Å². The van der Waals surface area contributed by atoms with Crippen LogP contribution in [0.15, 0.2) is 17.9 Å². The number of hydrogen-bond donors (Lipinski definition) is 1. The highest BCUT2D eigenvalue weighted by atomic mass is 32.1. The van der Waals surface area contributed by atoms with Crippen LogP contribution in [0.1, 0.15) is 31.3 Å². The molecule has 2 amide bonds. The summed E-state index contributed by atoms with van der Waals surface area (Å²) in [5.41, 5.74) is 3.97. The zero-order valence-corrected chi connectivity index (χ0v) is 12.5. The molecule has 0 aliphatic carbocycles. The molecule has 0 radical (unpaired) electrons. The molecule has 0 spiro atoms. The molecule has 0 saturated carbocycles. The maximum Gasteiger partial charge on any atom is 0.263 e. The number of carbonyl (C=O) groups excluding carboxylic acids is 2. The number of imide groups is 1. The molecular formula is C14H11N5O2S. The summed E-state index contributed by atoms with van der Waals surface area (Å²) < 4.78 is 0. The Labute approximate surface area is 129 Å². The first-order valence-corrected chi connectivity index (χ1v) is 7.62. The van der Waals surface area contributed by atoms with Crippen LogP contribution in [0.3, 0.4) is 0 Å². The maximum absolute atomic E-state index is 12.6. The van der Waals surface area contributed by atoms with Gasteiger partial charge in [-0.3, -0.25) is 19.6 Å². The highest BCUT2D eigenvalue weighted by molar-refractivity contribution is 7.09. The molecule has 3 aromatic rings. The first-order chi connectivity index (χ1) is 10.7. The average molecular weight is 313 g/mol. The molecule has 3 aromatic heterocycles. The molecule has 7 nitrogen and oxygen atoms in total. The van der Waals surface area contributed by atoms with E-state index in [1.165, 1.54) is 28.6 Å². The van der Waals surface area contributed by atoms with Gasteiger partial charge in [-0.2, -0.15) is 5.10 Å². The lowest BCUT2D eigenvalue weighted by Gasteiger charge is -2.12. The van der Waals surface area contributed by atoms with Gasteiger partial charge in [0.2, 0.25) is 0 Å². The third kappa shape index (κ3) is 1.77. The molecule has 0 atom stereocenters. The number of H-pyrrole nitrogens is 1. The minimum Gasteiger partial charge on any atom is -0.274 e. The molecule has 0 saturated heterocycles. The Morgan fingerprint density at radius 2 is 2.09 bits per heavy atom. The Morgan fingerprint density at radius 3 is 2.86 bits per heavy atom. The molecular weight excluding hydrogens is 302 g/mol. The normalized spacial score (nSPS) is 14.1. The summed E-state index contributed by atoms with van der Waals surface area (Å²) in [6.07, 6.45) is 3.58. The fraction of sp³-hybridized carbons (Fsp3) is 0.214. The average Bonchev–Trinajstić information content (AvgIpc) is 3.18. The van der Waals surface area contributed by atoms with Crippen LogP contribution in [0.4, 0.5) is 0 Å². The lowest BCUT2D eigenvalue weighted by molar-refractivity contribution is 0.0657. The summed E-state index contributed by atoms with van der Waals surface area (Å²) in [6, 6.07) is 0. The van der Waals surface area contributed by atoms with Crippen molar-refractivity contribution in [3.63, 3.8) is 0 Å². The van der Waals surface area contributed by atoms with Crippen molar-refractivity contribution < 1.29 is 9.59 Å². The van der Waals surface area contributed by atoms with Crippen LogP contribution in [-0.4, -0.2) is 43.4 Å². The first-order valence-electron chi connectivity index (χ1n) is 6.74. The van der Waals surface area contributed by atoms with E-state index >= 15 is 0 Å². The van der Waals surface area contributed by atoms with Gasteiger partial charge in [-0.15, -0.1) is 11.3 Å². The van der Waals surface area contributed by atoms with E-state index < -0.39 is 0 Å². The minimum absolute atomic E-state index is 0.282. The SMILES string of the molecule is Cc1ncsc1CCN1C(=O)c2cnc3[nH]ncc3c2C1=O. The van der Waals surface area contributed by atoms with Crippen molar-refractivity contribution in [2.75, 3.05) is 6.54 Å². The third-order valence-electron chi connectivity index (χ3n) is 3.82. The summed E-state index contributed by atoms with van der Waals surface area (Å²) >= 11 is 1.54. The van der Waals surface area contributed by atoms with Crippen molar-refractivity contribution in [1.29, 1.82) is 0 Å². The van der Waals surface area contributed by atoms with Crippen molar-refractivity contribution >= 4 is 34.2 Å². The quantitative estimate of drug-likeness (QED) is 0.741. The number of nitrogens with zero attached hydrogens (tertiary/aromatic N) is 4. The molecule has 1 aliphatic heterocycles. The highest BCUT2D eigenvalue weighted by Crippen LogP contribution is 2.28. The van der Waals surface area contributed by atoms with Crippen LogP contribution in [0.5, 0.6) is 0 Å². The number of nitrogens with one attached hydrogen (secondary N) is 1. The predicted molar refractivity (Wildman–Crippen MR) is 79.8 cm³/mol. The lowest BCUT2D eigenvalue weighted by atomic mass is 10.1. The summed E-state index contributed by atoms with van der Waals surface area (Å²) in [5.74, 6) is -0.575. The van der Waals surface area contributed by atoms with Crippen LogP contribution in [0.2, 0.25) is 0 Å². The number of fused-ring (bicyclic) bond motifs is 3. The molecule has 4 rings (SSSR count). The standard InChI is InChI=1S/C14H11N5O2S/c1-7-10(22-6-16-7)2-3-19-13(20)9-4-15-12-8(5-17-18-12)11(9)14(19)21/h4-6H,2-3H2,1H3,(H,15,17,18). The van der Waals surface area contributed by atoms with Gasteiger partial charge < -0.3 is 0 Å². The van der Waals surface area contributed by atoms with Gasteiger partial charge in [0, 0.05) is 24.0 Å². The number of aromatic nitrogens is 4. The molecule has 110 valence electrons. The van der Waals surface area contributed by atoms with Gasteiger partial charge in [0.1, 0.15) is 0 Å². The van der Waals surface area contributed by atoms with E-state index in [9.17, 15) is 9.59 Å². The molecule has 0 bridgehead atoms. The van der Waals surface area contributed by atoms with Gasteiger partial charge in [-0.05, 0) is 6.92 Å². The third-order valence-corrected chi connectivity index (χ3v) is 4.82. The van der Waals surface area contributed by atoms with Crippen molar-refractivity contribution in [3.05, 3.63) is 39.6 Å². The zero-order valence-electron chi connectivity index (χ0n) is 11.7. The monoisotopic (exact) mass is 313 g/mol. The molecule has 0 unspecified atom stereocenters. The summed E-state index contributed by atoms with van der Waals surface area (Å²) in [6.45, 7) is 2.27. The minimum atomic E-state index is -0.294. The fourth-order valence-corrected chi connectivity index (χ4v) is 3.42. The van der Waals surface area contributed by atoms with Crippen LogP contribution in [0, 0.1) is 6.92 Å². The number of aryl methyl sites for hydroxylation is 1. The van der Waals surface area contributed by atoms with E-state index in [-0.39, 0.29) is 11.8 Å². The Bertz CT molecular complexity index is 913. The summed E-state index contributed by atoms with van der Waals surface area (Å²) in [7, 11) is 0. The largest absolute Gasteiger partial charge is 0.274 e. The molecule has 0 fully saturated rings. The number of aromatic amines is 1. The summed E-state index contributed by atoms with van der Waals surface area (Å²) in [4.78, 5) is 35.7. The number of thiazole rings is 1. The van der Waals surface area contributed by atoms with Gasteiger partial charge in [-0.25, -0.2) is 9.97 Å². The topological polar surface area (TPSA) is 91.8 Å². The summed E-state index contributed by atoms with van der Waals surface area (Å²) in [5, 5.41) is 7.19. The van der Waals surface area contributed by atoms with Gasteiger partial charge in [0.25, 0.3) is 11.8 Å². The number of carbonyl (C=O) groups is 2. The zero-order chi connectivity index (χ0) is 15.3. The lowest BCUT2D eigenvalue weighted by Crippen LogP contribution is -2.31. The van der Waals surface area contributed by atoms with E-state index in [0.29, 0.717) is 35.1 Å². The van der Waals surface area contributed by atoms with Crippen molar-refractivity contribution in [2.24, 2.45) is 0 Å². The number of amides is 2. The van der Waals surface area contributed by atoms with Crippen LogP contribution in [-0.2, 0) is 6.42 Å². The predicted octanol–water partition coefficient (Wildman–Crippen LogP) is 1.56. The number of rotatable bonds is 3. The molecule has 8 heteroatoms. The first kappa shape index (κ1) is 13.1. The molecule has 0 aromatic carbocycles. The number of pyridine rings is 1. The Kier molecular flexibility index (Phi) is 2.80. The van der Waals surface area contributed by atoms with E-state index in [1.807, 2.05) is 6.92 Å². The van der Waals surface area contributed by atoms with Gasteiger partial charge in [0.05, 0.1) is 33.9 Å². The Morgan fingerprint density at radius 1 is 1.23 bits per heavy atom. The van der Waals surface area contributed by atoms with E-state index in [2.05, 4.69) is 20.2 Å². The fourth-order valence-electron chi connectivity index (χ4n) is 2.65. The van der Waals surface area contributed by atoms with Crippen molar-refractivity contribution in [1.82, 2.24) is 25.1 Å². The molecule has 1 N–H and O–H groups in total. The van der Waals surface area contributed by atoms with Crippen LogP contribution < -0.4 is 0 Å². The number of hydrogen-bond acceptors (Lipinski definition) is 6. The second-order valence-electron chi connectivity index (χ2n) is 5.05. The van der Waals surface area contributed by atoms with Crippen molar-refractivity contribution in [3.8, 4) is 0 Å². The van der Waals surface area contributed by atoms with Crippen LogP contribution in [0.25, 0.3) is 11.0 Å². The molecule has 1 aliphatic rings. The highest BCUT2D eigenvalue weighted by Gasteiger charge is 2.37. The van der Waals surface area contributed by atoms with E-state index in [0.717, 1.165) is 10.6 Å². The maximum atomic E-state index is 12.6. The second kappa shape index (κ2) is 4.70. The van der Waals surface area contributed by atoms with Crippen LogP contribution >= 0.6 is 11.3 Å². The van der Waals surface area contributed by atoms with Gasteiger partial charge in [-0.1, -0.05) is 0 Å². The Hall–Kier alpha value is -2.61. The Balaban J connectivity index is 1.67. The van der Waals surface area contributed by atoms with Gasteiger partial charge in [0.15, 0.2) is 5.65 Å². The molecule has 22 heavy (non-hydrogen) atoms. The second-order valence-corrected chi connectivity index (χ2v) is 5.99. The molecule has 4 heterocycles.